The molecular weight excluding hydrogens is 202 g/mol. The molecule has 0 radical (unpaired) electrons. The third kappa shape index (κ3) is 9.37. The Hall–Kier alpha value is -1.19. The summed E-state index contributed by atoms with van der Waals surface area (Å²) in [5.41, 5.74) is 0.805. The molecule has 0 aromatic carbocycles. The number of rotatable bonds is 5. The zero-order valence-corrected chi connectivity index (χ0v) is 11.4. The van der Waals surface area contributed by atoms with Gasteiger partial charge in [0.05, 0.1) is 12.3 Å². The molecule has 0 saturated heterocycles. The predicted molar refractivity (Wildman–Crippen MR) is 71.1 cm³/mol. The maximum Gasteiger partial charge on any atom is 0.223 e. The first-order chi connectivity index (χ1) is 7.61. The monoisotopic (exact) mass is 227 g/mol. The average Bonchev–Trinajstić information content (AvgIpc) is 2.34. The van der Waals surface area contributed by atoms with Gasteiger partial charge in [0.2, 0.25) is 5.91 Å². The van der Waals surface area contributed by atoms with Crippen molar-refractivity contribution in [2.45, 2.75) is 48.0 Å². The van der Waals surface area contributed by atoms with E-state index in [1.807, 2.05) is 34.6 Å². The molecule has 0 aliphatic heterocycles. The molecule has 0 bridgehead atoms. The van der Waals surface area contributed by atoms with E-state index in [0.29, 0.717) is 6.54 Å². The third-order valence-corrected chi connectivity index (χ3v) is 1.92. The molecule has 0 aromatic rings. The SMILES string of the molecule is C/C=N\N=C(/C)CNC(=O)C(C)CC.CC. The summed E-state index contributed by atoms with van der Waals surface area (Å²) in [5.74, 6) is 0.139. The van der Waals surface area contributed by atoms with Gasteiger partial charge in [0.1, 0.15) is 0 Å². The van der Waals surface area contributed by atoms with Crippen LogP contribution in [-0.2, 0) is 4.79 Å². The van der Waals surface area contributed by atoms with Gasteiger partial charge in [0, 0.05) is 12.1 Å². The van der Waals surface area contributed by atoms with Crippen LogP contribution in [0.3, 0.4) is 0 Å². The van der Waals surface area contributed by atoms with Crippen LogP contribution in [0.2, 0.25) is 0 Å². The highest BCUT2D eigenvalue weighted by Crippen LogP contribution is 1.98. The summed E-state index contributed by atoms with van der Waals surface area (Å²) in [6, 6.07) is 0. The van der Waals surface area contributed by atoms with Gasteiger partial charge in [-0.1, -0.05) is 27.7 Å². The number of hydrogen-bond acceptors (Lipinski definition) is 3. The molecule has 0 spiro atoms. The average molecular weight is 227 g/mol. The van der Waals surface area contributed by atoms with Crippen molar-refractivity contribution in [3.05, 3.63) is 0 Å². The topological polar surface area (TPSA) is 53.8 Å². The Morgan fingerprint density at radius 1 is 1.44 bits per heavy atom. The smallest absolute Gasteiger partial charge is 0.223 e. The van der Waals surface area contributed by atoms with Gasteiger partial charge in [0.25, 0.3) is 0 Å². The maximum atomic E-state index is 11.3. The van der Waals surface area contributed by atoms with Crippen molar-refractivity contribution in [3.63, 3.8) is 0 Å². The molecule has 1 N–H and O–H groups in total. The molecule has 1 amide bonds. The zero-order valence-electron chi connectivity index (χ0n) is 11.4. The summed E-state index contributed by atoms with van der Waals surface area (Å²) in [6.07, 6.45) is 2.47. The van der Waals surface area contributed by atoms with E-state index in [9.17, 15) is 4.79 Å². The Labute approximate surface area is 99.2 Å². The van der Waals surface area contributed by atoms with E-state index < -0.39 is 0 Å². The van der Waals surface area contributed by atoms with Gasteiger partial charge in [0.15, 0.2) is 0 Å². The molecular formula is C12H25N3O. The van der Waals surface area contributed by atoms with Crippen molar-refractivity contribution in [3.8, 4) is 0 Å². The fourth-order valence-electron chi connectivity index (χ4n) is 0.766. The van der Waals surface area contributed by atoms with E-state index in [0.717, 1.165) is 12.1 Å². The standard InChI is InChI=1S/C10H19N3O.C2H6/c1-5-8(3)10(14)11-7-9(4)13-12-6-2;1-2/h6,8H,5,7H2,1-4H3,(H,11,14);1-2H3/b12-6-,13-9+;. The quantitative estimate of drug-likeness (QED) is 0.569. The van der Waals surface area contributed by atoms with Gasteiger partial charge in [-0.3, -0.25) is 4.79 Å². The lowest BCUT2D eigenvalue weighted by Crippen LogP contribution is -2.32. The van der Waals surface area contributed by atoms with Crippen LogP contribution < -0.4 is 5.32 Å². The molecule has 94 valence electrons. The Balaban J connectivity index is 0. The zero-order chi connectivity index (χ0) is 13.0. The number of hydrogen-bond donors (Lipinski definition) is 1. The lowest BCUT2D eigenvalue weighted by molar-refractivity contribution is -0.124. The highest BCUT2D eigenvalue weighted by atomic mass is 16.1. The van der Waals surface area contributed by atoms with Crippen LogP contribution in [0.5, 0.6) is 0 Å². The Morgan fingerprint density at radius 3 is 2.44 bits per heavy atom. The van der Waals surface area contributed by atoms with E-state index in [1.165, 1.54) is 0 Å². The highest BCUT2D eigenvalue weighted by Gasteiger charge is 2.09. The number of carbonyl (C=O) groups excluding carboxylic acids is 1. The summed E-state index contributed by atoms with van der Waals surface area (Å²) in [6.45, 7) is 12.0. The first kappa shape index (κ1) is 17.2. The Bertz CT molecular complexity index is 234. The minimum Gasteiger partial charge on any atom is -0.351 e. The number of nitrogens with zero attached hydrogens (tertiary/aromatic N) is 2. The van der Waals surface area contributed by atoms with E-state index in [1.54, 1.807) is 13.1 Å². The molecule has 0 rings (SSSR count). The lowest BCUT2D eigenvalue weighted by atomic mass is 10.1. The normalized spacial score (nSPS) is 13.0. The van der Waals surface area contributed by atoms with Crippen LogP contribution in [0, 0.1) is 5.92 Å². The minimum atomic E-state index is 0.0671. The first-order valence-electron chi connectivity index (χ1n) is 5.90. The minimum absolute atomic E-state index is 0.0671. The number of amides is 1. The van der Waals surface area contributed by atoms with Crippen LogP contribution in [0.25, 0.3) is 0 Å². The van der Waals surface area contributed by atoms with Crippen molar-refractivity contribution in [2.24, 2.45) is 16.1 Å². The molecule has 4 heteroatoms. The van der Waals surface area contributed by atoms with Crippen molar-refractivity contribution in [2.75, 3.05) is 6.54 Å². The van der Waals surface area contributed by atoms with Crippen LogP contribution in [0.4, 0.5) is 0 Å². The van der Waals surface area contributed by atoms with Crippen LogP contribution in [0.1, 0.15) is 48.0 Å². The summed E-state index contributed by atoms with van der Waals surface area (Å²) in [4.78, 5) is 11.3. The summed E-state index contributed by atoms with van der Waals surface area (Å²) in [7, 11) is 0. The van der Waals surface area contributed by atoms with Crippen molar-refractivity contribution >= 4 is 17.8 Å². The molecule has 4 nitrogen and oxygen atoms in total. The second-order valence-electron chi connectivity index (χ2n) is 3.24. The summed E-state index contributed by atoms with van der Waals surface area (Å²) < 4.78 is 0. The Kier molecular flexibility index (Phi) is 12.8. The maximum absolute atomic E-state index is 11.3. The first-order valence-corrected chi connectivity index (χ1v) is 5.90. The lowest BCUT2D eigenvalue weighted by Gasteiger charge is -2.08. The molecule has 16 heavy (non-hydrogen) atoms. The summed E-state index contributed by atoms with van der Waals surface area (Å²) in [5, 5.41) is 10.4. The van der Waals surface area contributed by atoms with E-state index in [4.69, 9.17) is 0 Å². The predicted octanol–water partition coefficient (Wildman–Crippen LogP) is 2.64. The molecule has 0 aliphatic carbocycles. The number of carbonyl (C=O) groups is 1. The van der Waals surface area contributed by atoms with Gasteiger partial charge >= 0.3 is 0 Å². The molecule has 0 saturated carbocycles. The fraction of sp³-hybridized carbons (Fsp3) is 0.750. The molecule has 0 heterocycles. The van der Waals surface area contributed by atoms with Gasteiger partial charge in [-0.2, -0.15) is 10.2 Å². The van der Waals surface area contributed by atoms with Gasteiger partial charge in [-0.05, 0) is 20.3 Å². The van der Waals surface area contributed by atoms with Crippen LogP contribution in [-0.4, -0.2) is 24.4 Å². The largest absolute Gasteiger partial charge is 0.351 e. The van der Waals surface area contributed by atoms with Gasteiger partial charge < -0.3 is 5.32 Å². The fourth-order valence-corrected chi connectivity index (χ4v) is 0.766. The van der Waals surface area contributed by atoms with E-state index in [-0.39, 0.29) is 11.8 Å². The summed E-state index contributed by atoms with van der Waals surface area (Å²) >= 11 is 0. The molecule has 0 fully saturated rings. The number of nitrogens with one attached hydrogen (secondary N) is 1. The van der Waals surface area contributed by atoms with Crippen molar-refractivity contribution < 1.29 is 4.79 Å². The molecule has 1 atom stereocenters. The third-order valence-electron chi connectivity index (χ3n) is 1.92. The van der Waals surface area contributed by atoms with Crippen molar-refractivity contribution in [1.82, 2.24) is 5.32 Å². The van der Waals surface area contributed by atoms with E-state index in [2.05, 4.69) is 15.5 Å². The van der Waals surface area contributed by atoms with E-state index >= 15 is 0 Å². The van der Waals surface area contributed by atoms with Crippen LogP contribution in [0.15, 0.2) is 10.2 Å². The van der Waals surface area contributed by atoms with Gasteiger partial charge in [-0.25, -0.2) is 0 Å². The highest BCUT2D eigenvalue weighted by molar-refractivity contribution is 5.88. The van der Waals surface area contributed by atoms with Gasteiger partial charge in [-0.15, -0.1) is 0 Å². The second-order valence-corrected chi connectivity index (χ2v) is 3.24. The molecule has 0 aromatic heterocycles. The molecule has 0 aliphatic rings. The Morgan fingerprint density at radius 2 is 2.00 bits per heavy atom. The second kappa shape index (κ2) is 11.9. The van der Waals surface area contributed by atoms with Crippen LogP contribution >= 0.6 is 0 Å². The van der Waals surface area contributed by atoms with Crippen molar-refractivity contribution in [1.29, 1.82) is 0 Å². The molecule has 1 unspecified atom stereocenters.